The van der Waals surface area contributed by atoms with E-state index in [9.17, 15) is 4.79 Å². The van der Waals surface area contributed by atoms with Gasteiger partial charge in [0.2, 0.25) is 0 Å². The van der Waals surface area contributed by atoms with Gasteiger partial charge < -0.3 is 10.2 Å². The zero-order valence-electron chi connectivity index (χ0n) is 13.2. The number of carbonyl (C=O) groups excluding carboxylic acids is 1. The highest BCUT2D eigenvalue weighted by molar-refractivity contribution is 5.89. The molecule has 118 valence electrons. The molecule has 1 fully saturated rings. The standard InChI is InChI=1S/C16H23N5O/c1-13-3-4-15-14(11-13)18-12-21(15)16(22)17-5-6-20-9-7-19(2)8-10-20/h3-4,11-12H,5-10H2,1-2H3,(H,17,22). The van der Waals surface area contributed by atoms with Crippen molar-refractivity contribution < 1.29 is 4.79 Å². The van der Waals surface area contributed by atoms with E-state index in [0.717, 1.165) is 49.3 Å². The van der Waals surface area contributed by atoms with Crippen molar-refractivity contribution in [3.63, 3.8) is 0 Å². The van der Waals surface area contributed by atoms with Gasteiger partial charge in [0.1, 0.15) is 6.33 Å². The molecule has 0 aliphatic carbocycles. The van der Waals surface area contributed by atoms with Gasteiger partial charge in [-0.3, -0.25) is 9.47 Å². The summed E-state index contributed by atoms with van der Waals surface area (Å²) in [5.41, 5.74) is 2.85. The topological polar surface area (TPSA) is 53.4 Å². The van der Waals surface area contributed by atoms with Crippen molar-refractivity contribution in [2.75, 3.05) is 46.3 Å². The number of aryl methyl sites for hydroxylation is 1. The van der Waals surface area contributed by atoms with Crippen molar-refractivity contribution >= 4 is 17.1 Å². The van der Waals surface area contributed by atoms with E-state index in [4.69, 9.17) is 0 Å². The molecule has 1 aliphatic rings. The second-order valence-electron chi connectivity index (χ2n) is 5.98. The van der Waals surface area contributed by atoms with E-state index in [0.29, 0.717) is 6.54 Å². The summed E-state index contributed by atoms with van der Waals surface area (Å²) in [6, 6.07) is 5.82. The quantitative estimate of drug-likeness (QED) is 0.924. The monoisotopic (exact) mass is 301 g/mol. The normalized spacial score (nSPS) is 17.0. The lowest BCUT2D eigenvalue weighted by atomic mass is 10.2. The number of carbonyl (C=O) groups is 1. The van der Waals surface area contributed by atoms with E-state index in [2.05, 4.69) is 27.1 Å². The number of nitrogens with zero attached hydrogens (tertiary/aromatic N) is 4. The van der Waals surface area contributed by atoms with Crippen LogP contribution in [0.25, 0.3) is 11.0 Å². The molecule has 1 aromatic heterocycles. The molecule has 1 N–H and O–H groups in total. The second-order valence-corrected chi connectivity index (χ2v) is 5.98. The number of hydrogen-bond acceptors (Lipinski definition) is 4. The van der Waals surface area contributed by atoms with Crippen molar-refractivity contribution in [1.29, 1.82) is 0 Å². The maximum Gasteiger partial charge on any atom is 0.327 e. The zero-order chi connectivity index (χ0) is 15.5. The highest BCUT2D eigenvalue weighted by Crippen LogP contribution is 2.14. The lowest BCUT2D eigenvalue weighted by Gasteiger charge is -2.32. The summed E-state index contributed by atoms with van der Waals surface area (Å²) in [7, 11) is 2.14. The minimum absolute atomic E-state index is 0.111. The Balaban J connectivity index is 1.55. The Morgan fingerprint density at radius 2 is 2.05 bits per heavy atom. The Bertz CT molecular complexity index is 658. The second kappa shape index (κ2) is 6.46. The molecule has 0 bridgehead atoms. The largest absolute Gasteiger partial charge is 0.336 e. The van der Waals surface area contributed by atoms with Crippen molar-refractivity contribution in [3.05, 3.63) is 30.1 Å². The molecule has 1 aromatic carbocycles. The molecule has 1 aliphatic heterocycles. The lowest BCUT2D eigenvalue weighted by Crippen LogP contribution is -2.47. The number of imidazole rings is 1. The highest BCUT2D eigenvalue weighted by atomic mass is 16.2. The Kier molecular flexibility index (Phi) is 4.40. The zero-order valence-corrected chi connectivity index (χ0v) is 13.2. The Labute approximate surface area is 130 Å². The Morgan fingerprint density at radius 3 is 2.82 bits per heavy atom. The van der Waals surface area contributed by atoms with E-state index in [1.54, 1.807) is 10.9 Å². The van der Waals surface area contributed by atoms with Crippen molar-refractivity contribution in [2.45, 2.75) is 6.92 Å². The first-order chi connectivity index (χ1) is 10.6. The van der Waals surface area contributed by atoms with Gasteiger partial charge in [-0.1, -0.05) is 6.07 Å². The number of aromatic nitrogens is 2. The van der Waals surface area contributed by atoms with Crippen molar-refractivity contribution in [1.82, 2.24) is 24.7 Å². The fourth-order valence-electron chi connectivity index (χ4n) is 2.76. The number of nitrogens with one attached hydrogen (secondary N) is 1. The van der Waals surface area contributed by atoms with Crippen LogP contribution in [-0.2, 0) is 0 Å². The van der Waals surface area contributed by atoms with Gasteiger partial charge >= 0.3 is 6.03 Å². The van der Waals surface area contributed by atoms with Gasteiger partial charge in [0.25, 0.3) is 0 Å². The summed E-state index contributed by atoms with van der Waals surface area (Å²) in [5, 5.41) is 2.98. The molecule has 1 saturated heterocycles. The molecule has 0 unspecified atom stereocenters. The summed E-state index contributed by atoms with van der Waals surface area (Å²) in [5.74, 6) is 0. The predicted molar refractivity (Wildman–Crippen MR) is 87.2 cm³/mol. The molecule has 1 amide bonds. The molecule has 0 spiro atoms. The van der Waals surface area contributed by atoms with Gasteiger partial charge in [-0.2, -0.15) is 0 Å². The number of hydrogen-bond donors (Lipinski definition) is 1. The summed E-state index contributed by atoms with van der Waals surface area (Å²) in [6.45, 7) is 7.91. The first-order valence-electron chi connectivity index (χ1n) is 7.76. The summed E-state index contributed by atoms with van der Waals surface area (Å²) in [6.07, 6.45) is 1.59. The van der Waals surface area contributed by atoms with E-state index in [1.165, 1.54) is 0 Å². The number of likely N-dealkylation sites (N-methyl/N-ethyl adjacent to an activating group) is 1. The smallest absolute Gasteiger partial charge is 0.327 e. The Hall–Kier alpha value is -1.92. The third-order valence-electron chi connectivity index (χ3n) is 4.22. The molecule has 0 atom stereocenters. The van der Waals surface area contributed by atoms with Crippen LogP contribution in [0.4, 0.5) is 4.79 Å². The summed E-state index contributed by atoms with van der Waals surface area (Å²) in [4.78, 5) is 21.3. The van der Waals surface area contributed by atoms with Gasteiger partial charge in [0.05, 0.1) is 11.0 Å². The van der Waals surface area contributed by atoms with Gasteiger partial charge in [-0.25, -0.2) is 9.78 Å². The third kappa shape index (κ3) is 3.28. The molecule has 2 aromatic rings. The van der Waals surface area contributed by atoms with Gasteiger partial charge in [-0.15, -0.1) is 0 Å². The van der Waals surface area contributed by atoms with Crippen LogP contribution in [0.5, 0.6) is 0 Å². The minimum Gasteiger partial charge on any atom is -0.336 e. The molecule has 0 saturated carbocycles. The van der Waals surface area contributed by atoms with Crippen LogP contribution in [0, 0.1) is 6.92 Å². The number of piperazine rings is 1. The van der Waals surface area contributed by atoms with Crippen LogP contribution < -0.4 is 5.32 Å². The lowest BCUT2D eigenvalue weighted by molar-refractivity contribution is 0.155. The van der Waals surface area contributed by atoms with Crippen LogP contribution in [0.1, 0.15) is 5.56 Å². The SMILES string of the molecule is Cc1ccc2c(c1)ncn2C(=O)NCCN1CCN(C)CC1. The number of benzene rings is 1. The molecule has 22 heavy (non-hydrogen) atoms. The predicted octanol–water partition coefficient (Wildman–Crippen LogP) is 1.15. The van der Waals surface area contributed by atoms with Crippen LogP contribution in [0.2, 0.25) is 0 Å². The Morgan fingerprint density at radius 1 is 1.27 bits per heavy atom. The average molecular weight is 301 g/mol. The van der Waals surface area contributed by atoms with Crippen molar-refractivity contribution in [2.24, 2.45) is 0 Å². The van der Waals surface area contributed by atoms with E-state index in [-0.39, 0.29) is 6.03 Å². The molecule has 0 radical (unpaired) electrons. The number of amides is 1. The van der Waals surface area contributed by atoms with Gasteiger partial charge in [0, 0.05) is 39.3 Å². The van der Waals surface area contributed by atoms with Gasteiger partial charge in [0.15, 0.2) is 0 Å². The van der Waals surface area contributed by atoms with Crippen LogP contribution in [-0.4, -0.2) is 71.7 Å². The average Bonchev–Trinajstić information content (AvgIpc) is 2.92. The summed E-state index contributed by atoms with van der Waals surface area (Å²) < 4.78 is 1.58. The van der Waals surface area contributed by atoms with E-state index >= 15 is 0 Å². The first-order valence-corrected chi connectivity index (χ1v) is 7.76. The highest BCUT2D eigenvalue weighted by Gasteiger charge is 2.14. The fourth-order valence-corrected chi connectivity index (χ4v) is 2.76. The summed E-state index contributed by atoms with van der Waals surface area (Å²) >= 11 is 0. The van der Waals surface area contributed by atoms with E-state index in [1.807, 2.05) is 25.1 Å². The molecule has 6 heteroatoms. The minimum atomic E-state index is -0.111. The maximum atomic E-state index is 12.3. The van der Waals surface area contributed by atoms with E-state index < -0.39 is 0 Å². The van der Waals surface area contributed by atoms with Gasteiger partial charge in [-0.05, 0) is 31.7 Å². The molecule has 3 rings (SSSR count). The van der Waals surface area contributed by atoms with Crippen LogP contribution >= 0.6 is 0 Å². The fraction of sp³-hybridized carbons (Fsp3) is 0.500. The molecule has 6 nitrogen and oxygen atoms in total. The van der Waals surface area contributed by atoms with Crippen LogP contribution in [0.15, 0.2) is 24.5 Å². The number of rotatable bonds is 3. The molecular weight excluding hydrogens is 278 g/mol. The molecular formula is C16H23N5O. The number of fused-ring (bicyclic) bond motifs is 1. The maximum absolute atomic E-state index is 12.3. The molecule has 2 heterocycles. The first kappa shape index (κ1) is 15.0. The van der Waals surface area contributed by atoms with Crippen LogP contribution in [0.3, 0.4) is 0 Å². The van der Waals surface area contributed by atoms with Crippen molar-refractivity contribution in [3.8, 4) is 0 Å². The third-order valence-corrected chi connectivity index (χ3v) is 4.22.